The highest BCUT2D eigenvalue weighted by Crippen LogP contribution is 2.35. The van der Waals surface area contributed by atoms with Gasteiger partial charge in [0.15, 0.2) is 5.69 Å². The Kier molecular flexibility index (Phi) is 5.22. The first-order valence-electron chi connectivity index (χ1n) is 8.57. The molecule has 146 valence electrons. The highest BCUT2D eigenvalue weighted by Gasteiger charge is 2.44. The summed E-state index contributed by atoms with van der Waals surface area (Å²) in [5.41, 5.74) is -0.181. The topological polar surface area (TPSA) is 50.2 Å². The molecule has 2 fully saturated rings. The van der Waals surface area contributed by atoms with Gasteiger partial charge in [-0.2, -0.15) is 18.3 Å². The van der Waals surface area contributed by atoms with Gasteiger partial charge in [-0.1, -0.05) is 17.7 Å². The smallest absolute Gasteiger partial charge is 0.338 e. The van der Waals surface area contributed by atoms with Gasteiger partial charge in [0, 0.05) is 26.2 Å². The maximum absolute atomic E-state index is 13.7. The summed E-state index contributed by atoms with van der Waals surface area (Å²) in [6, 6.07) is 6.57. The van der Waals surface area contributed by atoms with Crippen LogP contribution >= 0.6 is 12.4 Å². The van der Waals surface area contributed by atoms with Crippen LogP contribution in [0.25, 0.3) is 5.69 Å². The fourth-order valence-corrected chi connectivity index (χ4v) is 3.85. The second kappa shape index (κ2) is 7.16. The number of fused-ring (bicyclic) bond motifs is 1. The first-order chi connectivity index (χ1) is 12.3. The lowest BCUT2D eigenvalue weighted by molar-refractivity contribution is -0.143. The van der Waals surface area contributed by atoms with Gasteiger partial charge in [-0.05, 0) is 30.9 Å². The van der Waals surface area contributed by atoms with Crippen LogP contribution in [-0.2, 0) is 6.18 Å². The molecule has 0 bridgehead atoms. The van der Waals surface area contributed by atoms with Crippen molar-refractivity contribution < 1.29 is 18.0 Å². The molecule has 2 saturated heterocycles. The van der Waals surface area contributed by atoms with Gasteiger partial charge in [-0.15, -0.1) is 12.4 Å². The number of aromatic nitrogens is 2. The molecule has 0 saturated carbocycles. The minimum atomic E-state index is -4.68. The highest BCUT2D eigenvalue weighted by molar-refractivity contribution is 5.95. The van der Waals surface area contributed by atoms with Crippen LogP contribution in [0.2, 0.25) is 0 Å². The number of carbonyl (C=O) groups excluding carboxylic acids is 1. The van der Waals surface area contributed by atoms with Gasteiger partial charge in [-0.25, -0.2) is 4.68 Å². The fraction of sp³-hybridized carbons (Fsp3) is 0.444. The summed E-state index contributed by atoms with van der Waals surface area (Å²) in [6.45, 7) is 4.45. The monoisotopic (exact) mass is 400 g/mol. The lowest BCUT2D eigenvalue weighted by Crippen LogP contribution is -2.33. The van der Waals surface area contributed by atoms with E-state index >= 15 is 0 Å². The van der Waals surface area contributed by atoms with Crippen LogP contribution in [-0.4, -0.2) is 46.8 Å². The number of alkyl halides is 3. The first-order valence-corrected chi connectivity index (χ1v) is 8.57. The lowest BCUT2D eigenvalue weighted by atomic mass is 10.0. The quantitative estimate of drug-likeness (QED) is 0.843. The number of aryl methyl sites for hydroxylation is 1. The maximum atomic E-state index is 13.7. The number of nitrogens with zero attached hydrogens (tertiary/aromatic N) is 3. The normalized spacial score (nSPS) is 21.9. The van der Waals surface area contributed by atoms with E-state index in [0.717, 1.165) is 29.5 Å². The summed E-state index contributed by atoms with van der Waals surface area (Å²) in [6.07, 6.45) is -3.64. The van der Waals surface area contributed by atoms with Crippen LogP contribution in [0.3, 0.4) is 0 Å². The maximum Gasteiger partial charge on any atom is 0.434 e. The molecule has 2 aliphatic rings. The predicted molar refractivity (Wildman–Crippen MR) is 96.3 cm³/mol. The van der Waals surface area contributed by atoms with E-state index in [1.54, 1.807) is 24.3 Å². The average Bonchev–Trinajstić information content (AvgIpc) is 3.28. The number of hydrogen-bond donors (Lipinski definition) is 1. The van der Waals surface area contributed by atoms with Gasteiger partial charge in [0.05, 0.1) is 17.4 Å². The van der Waals surface area contributed by atoms with Gasteiger partial charge in [-0.3, -0.25) is 4.79 Å². The van der Waals surface area contributed by atoms with Crippen LogP contribution in [0.5, 0.6) is 0 Å². The SMILES string of the molecule is Cc1ccc(-n2ncc(C(=O)N3C[C@H]4CNC[C@H]4C3)c2C(F)(F)F)cc1.Cl. The molecule has 0 spiro atoms. The standard InChI is InChI=1S/C18H19F3N4O.ClH/c1-11-2-4-14(5-3-11)25-16(18(19,20)21)15(8-23-25)17(26)24-9-12-6-22-7-13(12)10-24;/h2-5,8,12-13,22H,6-7,9-10H2,1H3;1H/t12-,13+;. The van der Waals surface area contributed by atoms with Crippen LogP contribution in [0, 0.1) is 18.8 Å². The molecular formula is C18H20ClF3N4O. The van der Waals surface area contributed by atoms with E-state index in [2.05, 4.69) is 10.4 Å². The molecule has 2 atom stereocenters. The number of likely N-dealkylation sites (tertiary alicyclic amines) is 1. The van der Waals surface area contributed by atoms with E-state index < -0.39 is 17.8 Å². The van der Waals surface area contributed by atoms with E-state index in [9.17, 15) is 18.0 Å². The Labute approximate surface area is 160 Å². The van der Waals surface area contributed by atoms with Crippen molar-refractivity contribution >= 4 is 18.3 Å². The molecule has 1 amide bonds. The zero-order valence-corrected chi connectivity index (χ0v) is 15.5. The third kappa shape index (κ3) is 3.55. The molecule has 0 radical (unpaired) electrons. The van der Waals surface area contributed by atoms with E-state index in [-0.39, 0.29) is 23.7 Å². The molecule has 9 heteroatoms. The largest absolute Gasteiger partial charge is 0.434 e. The molecule has 2 aliphatic heterocycles. The van der Waals surface area contributed by atoms with Gasteiger partial charge in [0.25, 0.3) is 5.91 Å². The third-order valence-corrected chi connectivity index (χ3v) is 5.22. The molecule has 27 heavy (non-hydrogen) atoms. The van der Waals surface area contributed by atoms with E-state index in [1.807, 2.05) is 6.92 Å². The number of hydrogen-bond acceptors (Lipinski definition) is 3. The zero-order chi connectivity index (χ0) is 18.5. The Morgan fingerprint density at radius 2 is 1.74 bits per heavy atom. The van der Waals surface area contributed by atoms with Crippen molar-refractivity contribution in [3.63, 3.8) is 0 Å². The Balaban J connectivity index is 0.00000210. The van der Waals surface area contributed by atoms with Crippen LogP contribution in [0.4, 0.5) is 13.2 Å². The number of benzene rings is 1. The van der Waals surface area contributed by atoms with E-state index in [4.69, 9.17) is 0 Å². The molecule has 1 N–H and O–H groups in total. The predicted octanol–water partition coefficient (Wildman–Crippen LogP) is 2.91. The fourth-order valence-electron chi connectivity index (χ4n) is 3.85. The van der Waals surface area contributed by atoms with Gasteiger partial charge < -0.3 is 10.2 Å². The summed E-state index contributed by atoms with van der Waals surface area (Å²) >= 11 is 0. The molecule has 1 aromatic carbocycles. The van der Waals surface area contributed by atoms with Gasteiger partial charge in [0.2, 0.25) is 0 Å². The second-order valence-electron chi connectivity index (χ2n) is 7.04. The second-order valence-corrected chi connectivity index (χ2v) is 7.04. The van der Waals surface area contributed by atoms with Crippen LogP contribution < -0.4 is 5.32 Å². The average molecular weight is 401 g/mol. The molecule has 0 aliphatic carbocycles. The molecular weight excluding hydrogens is 381 g/mol. The lowest BCUT2D eigenvalue weighted by Gasteiger charge is -2.19. The van der Waals surface area contributed by atoms with Crippen LogP contribution in [0.1, 0.15) is 21.6 Å². The molecule has 4 rings (SSSR count). The molecule has 3 heterocycles. The van der Waals surface area contributed by atoms with Gasteiger partial charge >= 0.3 is 6.18 Å². The third-order valence-electron chi connectivity index (χ3n) is 5.22. The van der Waals surface area contributed by atoms with Crippen molar-refractivity contribution in [2.75, 3.05) is 26.2 Å². The molecule has 5 nitrogen and oxygen atoms in total. The molecule has 1 aromatic heterocycles. The first kappa shape index (κ1) is 19.7. The summed E-state index contributed by atoms with van der Waals surface area (Å²) in [4.78, 5) is 14.3. The minimum Gasteiger partial charge on any atom is -0.338 e. The zero-order valence-electron chi connectivity index (χ0n) is 14.7. The van der Waals surface area contributed by atoms with E-state index in [0.29, 0.717) is 24.9 Å². The van der Waals surface area contributed by atoms with Gasteiger partial charge in [0.1, 0.15) is 0 Å². The van der Waals surface area contributed by atoms with Crippen molar-refractivity contribution in [1.82, 2.24) is 20.0 Å². The number of rotatable bonds is 2. The summed E-state index contributed by atoms with van der Waals surface area (Å²) in [5.74, 6) is 0.0472. The Morgan fingerprint density at radius 3 is 2.30 bits per heavy atom. The Hall–Kier alpha value is -2.06. The summed E-state index contributed by atoms with van der Waals surface area (Å²) in [7, 11) is 0. The Morgan fingerprint density at radius 1 is 1.15 bits per heavy atom. The number of carbonyl (C=O) groups is 1. The Bertz CT molecular complexity index is 822. The number of nitrogens with one attached hydrogen (secondary N) is 1. The van der Waals surface area contributed by atoms with Crippen molar-refractivity contribution in [2.45, 2.75) is 13.1 Å². The number of amides is 1. The van der Waals surface area contributed by atoms with Crippen LogP contribution in [0.15, 0.2) is 30.5 Å². The molecule has 2 aromatic rings. The number of halogens is 4. The van der Waals surface area contributed by atoms with E-state index in [1.165, 1.54) is 4.90 Å². The van der Waals surface area contributed by atoms with Crippen molar-refractivity contribution in [1.29, 1.82) is 0 Å². The van der Waals surface area contributed by atoms with Crippen molar-refractivity contribution in [3.8, 4) is 5.69 Å². The minimum absolute atomic E-state index is 0. The van der Waals surface area contributed by atoms with Crippen molar-refractivity contribution in [2.24, 2.45) is 11.8 Å². The van der Waals surface area contributed by atoms with Crippen molar-refractivity contribution in [3.05, 3.63) is 47.3 Å². The highest BCUT2D eigenvalue weighted by atomic mass is 35.5. The summed E-state index contributed by atoms with van der Waals surface area (Å²) in [5, 5.41) is 7.14. The summed E-state index contributed by atoms with van der Waals surface area (Å²) < 4.78 is 42.0. The molecule has 0 unspecified atom stereocenters.